The summed E-state index contributed by atoms with van der Waals surface area (Å²) in [5, 5.41) is 13.6. The molecule has 0 aliphatic heterocycles. The zero-order chi connectivity index (χ0) is 23.6. The summed E-state index contributed by atoms with van der Waals surface area (Å²) < 4.78 is 23.9. The number of nitrogens with one attached hydrogen (secondary N) is 1. The van der Waals surface area contributed by atoms with Gasteiger partial charge in [-0.25, -0.2) is 4.98 Å². The van der Waals surface area contributed by atoms with Crippen molar-refractivity contribution < 1.29 is 24.1 Å². The lowest BCUT2D eigenvalue weighted by atomic mass is 10.1. The third-order valence-corrected chi connectivity index (χ3v) is 5.24. The summed E-state index contributed by atoms with van der Waals surface area (Å²) in [4.78, 5) is 4.44. The Kier molecular flexibility index (Phi) is 13.5. The van der Waals surface area contributed by atoms with Crippen LogP contribution >= 0.6 is 24.8 Å². The van der Waals surface area contributed by atoms with Gasteiger partial charge >= 0.3 is 0 Å². The number of benzene rings is 2. The Labute approximate surface area is 219 Å². The van der Waals surface area contributed by atoms with Gasteiger partial charge in [0.2, 0.25) is 0 Å². The minimum atomic E-state index is -0.719. The summed E-state index contributed by atoms with van der Waals surface area (Å²) in [7, 11) is 4.91. The maximum Gasteiger partial charge on any atom is 0.176 e. The molecule has 0 radical (unpaired) electrons. The first-order valence-corrected chi connectivity index (χ1v) is 11.0. The van der Waals surface area contributed by atoms with Gasteiger partial charge in [0.1, 0.15) is 11.9 Å². The summed E-state index contributed by atoms with van der Waals surface area (Å²) >= 11 is 0. The molecule has 2 atom stereocenters. The maximum atomic E-state index is 10.3. The number of methoxy groups -OCH3 is 3. The highest BCUT2D eigenvalue weighted by atomic mass is 35.5. The Hall–Kier alpha value is -2.49. The van der Waals surface area contributed by atoms with Crippen molar-refractivity contribution in [2.45, 2.75) is 32.1 Å². The zero-order valence-corrected chi connectivity index (χ0v) is 22.1. The van der Waals surface area contributed by atoms with Crippen molar-refractivity contribution in [3.63, 3.8) is 0 Å². The van der Waals surface area contributed by atoms with E-state index in [4.69, 9.17) is 18.9 Å². The molecule has 2 aromatic carbocycles. The van der Waals surface area contributed by atoms with Crippen LogP contribution < -0.4 is 19.5 Å². The van der Waals surface area contributed by atoms with Crippen LogP contribution in [0, 0.1) is 0 Å². The van der Waals surface area contributed by atoms with Gasteiger partial charge in [-0.3, -0.25) is 5.32 Å². The molecule has 0 unspecified atom stereocenters. The molecule has 10 heteroatoms. The first-order valence-electron chi connectivity index (χ1n) is 11.0. The van der Waals surface area contributed by atoms with Crippen LogP contribution in [0.15, 0.2) is 55.0 Å². The first-order chi connectivity index (χ1) is 16.0. The van der Waals surface area contributed by atoms with E-state index in [1.54, 1.807) is 34.6 Å². The van der Waals surface area contributed by atoms with E-state index in [1.807, 2.05) is 53.2 Å². The van der Waals surface area contributed by atoms with Crippen LogP contribution in [0.1, 0.15) is 18.2 Å². The van der Waals surface area contributed by atoms with Gasteiger partial charge in [0.05, 0.1) is 38.5 Å². The monoisotopic (exact) mass is 527 g/mol. The van der Waals surface area contributed by atoms with Crippen LogP contribution in [0.4, 0.5) is 0 Å². The average Bonchev–Trinajstić information content (AvgIpc) is 3.31. The summed E-state index contributed by atoms with van der Waals surface area (Å²) in [5.74, 6) is 2.04. The summed E-state index contributed by atoms with van der Waals surface area (Å²) in [5.41, 5.74) is 2.87. The molecule has 0 bridgehead atoms. The molecule has 2 N–H and O–H groups in total. The van der Waals surface area contributed by atoms with E-state index in [0.29, 0.717) is 30.4 Å². The number of aromatic nitrogens is 2. The van der Waals surface area contributed by atoms with Gasteiger partial charge in [-0.1, -0.05) is 18.2 Å². The van der Waals surface area contributed by atoms with E-state index in [0.717, 1.165) is 29.8 Å². The molecule has 194 valence electrons. The molecule has 1 heterocycles. The zero-order valence-electron chi connectivity index (χ0n) is 20.5. The van der Waals surface area contributed by atoms with E-state index in [1.165, 1.54) is 0 Å². The number of imidazole rings is 1. The number of hydrogen-bond donors (Lipinski definition) is 2. The van der Waals surface area contributed by atoms with Crippen LogP contribution in [0.2, 0.25) is 0 Å². The summed E-state index contributed by atoms with van der Waals surface area (Å²) in [6.07, 6.45) is 3.89. The van der Waals surface area contributed by atoms with Gasteiger partial charge in [0.25, 0.3) is 0 Å². The SMILES string of the molecule is COCCc1cn(-c2ccccc2O[C@H](NCCc2ccc(OC)c(OC)c2)[C@H](C)O)cn1.Cl.Cl. The minimum absolute atomic E-state index is 0. The maximum absolute atomic E-state index is 10.3. The van der Waals surface area contributed by atoms with Gasteiger partial charge in [-0.05, 0) is 43.2 Å². The number of nitrogens with zero attached hydrogens (tertiary/aromatic N) is 2. The number of ether oxygens (including phenoxy) is 4. The van der Waals surface area contributed by atoms with Crippen LogP contribution in [0.5, 0.6) is 17.2 Å². The molecule has 1 aromatic heterocycles. The smallest absolute Gasteiger partial charge is 0.176 e. The van der Waals surface area contributed by atoms with Crippen molar-refractivity contribution in [1.82, 2.24) is 14.9 Å². The van der Waals surface area contributed by atoms with Crippen LogP contribution in [0.3, 0.4) is 0 Å². The molecule has 0 aliphatic rings. The molecule has 0 fully saturated rings. The standard InChI is InChI=1S/C25H33N3O5.2ClH/c1-18(29)25(26-13-11-19-9-10-23(31-3)24(15-19)32-4)33-22-8-6-5-7-21(22)28-16-20(27-17-28)12-14-30-2;;/h5-10,15-18,25-26,29H,11-14H2,1-4H3;2*1H/t18-,25-;;/m0../s1. The summed E-state index contributed by atoms with van der Waals surface area (Å²) in [6, 6.07) is 13.5. The molecule has 3 aromatic rings. The van der Waals surface area contributed by atoms with E-state index in [9.17, 15) is 5.11 Å². The number of hydrogen-bond acceptors (Lipinski definition) is 7. The van der Waals surface area contributed by atoms with Crippen molar-refractivity contribution in [3.05, 3.63) is 66.2 Å². The molecule has 3 rings (SSSR count). The fourth-order valence-electron chi connectivity index (χ4n) is 3.44. The first kappa shape index (κ1) is 30.5. The normalized spacial score (nSPS) is 12.1. The minimum Gasteiger partial charge on any atom is -0.493 e. The van der Waals surface area contributed by atoms with E-state index < -0.39 is 12.3 Å². The highest BCUT2D eigenvalue weighted by Crippen LogP contribution is 2.28. The van der Waals surface area contributed by atoms with E-state index >= 15 is 0 Å². The van der Waals surface area contributed by atoms with Gasteiger partial charge in [-0.15, -0.1) is 24.8 Å². The molecule has 0 spiro atoms. The Morgan fingerprint density at radius 3 is 2.40 bits per heavy atom. The lowest BCUT2D eigenvalue weighted by Crippen LogP contribution is -2.44. The van der Waals surface area contributed by atoms with Crippen LogP contribution in [-0.4, -0.2) is 61.5 Å². The fourth-order valence-corrected chi connectivity index (χ4v) is 3.44. The van der Waals surface area contributed by atoms with Gasteiger partial charge in [-0.2, -0.15) is 0 Å². The van der Waals surface area contributed by atoms with Crippen molar-refractivity contribution in [2.24, 2.45) is 0 Å². The highest BCUT2D eigenvalue weighted by molar-refractivity contribution is 5.85. The molecule has 0 saturated heterocycles. The Balaban J connectivity index is 0.00000306. The lowest BCUT2D eigenvalue weighted by molar-refractivity contribution is 0.0274. The fraction of sp³-hybridized carbons (Fsp3) is 0.400. The number of rotatable bonds is 13. The van der Waals surface area contributed by atoms with Crippen molar-refractivity contribution in [3.8, 4) is 22.9 Å². The lowest BCUT2D eigenvalue weighted by Gasteiger charge is -2.24. The predicted molar refractivity (Wildman–Crippen MR) is 141 cm³/mol. The molecule has 35 heavy (non-hydrogen) atoms. The predicted octanol–water partition coefficient (Wildman–Crippen LogP) is 3.84. The third kappa shape index (κ3) is 8.59. The van der Waals surface area contributed by atoms with Crippen molar-refractivity contribution in [1.29, 1.82) is 0 Å². The largest absolute Gasteiger partial charge is 0.493 e. The van der Waals surface area contributed by atoms with E-state index in [-0.39, 0.29) is 24.8 Å². The molecule has 0 amide bonds. The third-order valence-electron chi connectivity index (χ3n) is 5.24. The number of halogens is 2. The Bertz CT molecular complexity index is 1020. The molecule has 8 nitrogen and oxygen atoms in total. The molecular formula is C25H35Cl2N3O5. The summed E-state index contributed by atoms with van der Waals surface area (Å²) in [6.45, 7) is 2.93. The highest BCUT2D eigenvalue weighted by Gasteiger charge is 2.18. The van der Waals surface area contributed by atoms with Gasteiger partial charge in [0.15, 0.2) is 17.7 Å². The van der Waals surface area contributed by atoms with Crippen molar-refractivity contribution >= 4 is 24.8 Å². The van der Waals surface area contributed by atoms with Crippen molar-refractivity contribution in [2.75, 3.05) is 34.5 Å². The molecule has 0 aliphatic carbocycles. The quantitative estimate of drug-likeness (QED) is 0.326. The second-order valence-electron chi connectivity index (χ2n) is 7.66. The Morgan fingerprint density at radius 1 is 0.971 bits per heavy atom. The average molecular weight is 528 g/mol. The molecular weight excluding hydrogens is 493 g/mol. The molecule has 0 saturated carbocycles. The number of aliphatic hydroxyl groups excluding tert-OH is 1. The number of aliphatic hydroxyl groups is 1. The second kappa shape index (κ2) is 15.5. The number of para-hydroxylation sites is 2. The van der Waals surface area contributed by atoms with Crippen LogP contribution in [0.25, 0.3) is 5.69 Å². The van der Waals surface area contributed by atoms with E-state index in [2.05, 4.69) is 10.3 Å². The second-order valence-corrected chi connectivity index (χ2v) is 7.66. The topological polar surface area (TPSA) is 87.0 Å². The van der Waals surface area contributed by atoms with Gasteiger partial charge in [0, 0.05) is 26.3 Å². The van der Waals surface area contributed by atoms with Gasteiger partial charge < -0.3 is 28.6 Å². The van der Waals surface area contributed by atoms with Crippen LogP contribution in [-0.2, 0) is 17.6 Å². The Morgan fingerprint density at radius 2 is 1.71 bits per heavy atom.